The smallest absolute Gasteiger partial charge is 0.358 e. The van der Waals surface area contributed by atoms with Crippen LogP contribution in [0.15, 0.2) is 53.2 Å². The average Bonchev–Trinajstić information content (AvgIpc) is 3.11. The number of urea groups is 1. The zero-order chi connectivity index (χ0) is 21.2. The van der Waals surface area contributed by atoms with Gasteiger partial charge in [-0.25, -0.2) is 9.78 Å². The highest BCUT2D eigenvalue weighted by Gasteiger charge is 2.51. The Balaban J connectivity index is 1.63. The van der Waals surface area contributed by atoms with E-state index in [1.807, 2.05) is 6.07 Å². The number of amides is 2. The van der Waals surface area contributed by atoms with Gasteiger partial charge in [0.25, 0.3) is 5.82 Å². The summed E-state index contributed by atoms with van der Waals surface area (Å²) < 4.78 is 43.9. The fourth-order valence-electron chi connectivity index (χ4n) is 2.41. The Hall–Kier alpha value is -3.56. The lowest BCUT2D eigenvalue weighted by atomic mass is 9.89. The van der Waals surface area contributed by atoms with E-state index in [1.165, 1.54) is 0 Å². The number of H-pyrrole nitrogens is 1. The van der Waals surface area contributed by atoms with Crippen LogP contribution >= 0.6 is 0 Å². The van der Waals surface area contributed by atoms with Gasteiger partial charge in [0.1, 0.15) is 5.41 Å². The van der Waals surface area contributed by atoms with Gasteiger partial charge in [0.15, 0.2) is 11.6 Å². The normalized spacial score (nSPS) is 11.9. The number of pyridine rings is 1. The van der Waals surface area contributed by atoms with Crippen molar-refractivity contribution in [3.8, 4) is 11.1 Å². The van der Waals surface area contributed by atoms with Crippen LogP contribution in [0, 0.1) is 0 Å². The molecule has 3 aromatic rings. The second kappa shape index (κ2) is 7.46. The third-order valence-electron chi connectivity index (χ3n) is 4.39. The predicted octanol–water partition coefficient (Wildman–Crippen LogP) is 4.22. The lowest BCUT2D eigenvalue weighted by molar-refractivity contribution is -0.359. The molecule has 0 atom stereocenters. The number of anilines is 3. The predicted molar refractivity (Wildman–Crippen MR) is 101 cm³/mol. The first-order chi connectivity index (χ1) is 13.6. The van der Waals surface area contributed by atoms with Crippen molar-refractivity contribution in [2.75, 3.05) is 16.4 Å². The first-order valence-electron chi connectivity index (χ1n) is 8.56. The van der Waals surface area contributed by atoms with Crippen molar-refractivity contribution in [2.45, 2.75) is 25.4 Å². The summed E-state index contributed by atoms with van der Waals surface area (Å²) in [5.41, 5.74) is 5.70. The Morgan fingerprint density at radius 3 is 2.31 bits per heavy atom. The number of hydrogen-bond donors (Lipinski definition) is 3. The van der Waals surface area contributed by atoms with E-state index in [-0.39, 0.29) is 5.82 Å². The van der Waals surface area contributed by atoms with E-state index in [9.17, 15) is 18.0 Å². The maximum Gasteiger partial charge on any atom is 0.401 e. The number of nitrogen functional groups attached to an aromatic ring is 1. The van der Waals surface area contributed by atoms with E-state index >= 15 is 0 Å². The van der Waals surface area contributed by atoms with Crippen molar-refractivity contribution >= 4 is 23.4 Å². The number of carbonyl (C=O) groups is 1. The number of nitrogens with one attached hydrogen (secondary N) is 3. The quantitative estimate of drug-likeness (QED) is 0.603. The van der Waals surface area contributed by atoms with Crippen molar-refractivity contribution < 1.29 is 27.5 Å². The third kappa shape index (κ3) is 4.48. The number of hydrogen-bond acceptors (Lipinski definition) is 4. The molecule has 152 valence electrons. The number of alkyl halides is 3. The Kier molecular flexibility index (Phi) is 5.19. The van der Waals surface area contributed by atoms with Crippen LogP contribution in [0.3, 0.4) is 0 Å². The molecule has 0 saturated carbocycles. The molecule has 0 fully saturated rings. The molecule has 10 heteroatoms. The van der Waals surface area contributed by atoms with E-state index in [4.69, 9.17) is 10.3 Å². The number of rotatable bonds is 4. The Morgan fingerprint density at radius 2 is 1.72 bits per heavy atom. The fraction of sp³-hybridized carbons (Fsp3) is 0.211. The lowest BCUT2D eigenvalue weighted by Gasteiger charge is -2.24. The summed E-state index contributed by atoms with van der Waals surface area (Å²) in [6.45, 7) is 1.94. The number of carbonyl (C=O) groups excluding carboxylic acids is 1. The SMILES string of the molecule is CC(C)(c1cc(NC(=O)Nc2ccc(-c3ccc(N)[nH+]c3)cc2)no1)C(F)(F)F. The number of nitrogens with zero attached hydrogens (tertiary/aromatic N) is 1. The van der Waals surface area contributed by atoms with E-state index < -0.39 is 23.4 Å². The highest BCUT2D eigenvalue weighted by molar-refractivity contribution is 5.99. The Labute approximate surface area is 164 Å². The minimum Gasteiger partial charge on any atom is -0.358 e. The van der Waals surface area contributed by atoms with Crippen molar-refractivity contribution in [1.29, 1.82) is 0 Å². The van der Waals surface area contributed by atoms with E-state index in [2.05, 4.69) is 20.8 Å². The maximum atomic E-state index is 13.1. The van der Waals surface area contributed by atoms with Gasteiger partial charge in [-0.2, -0.15) is 13.2 Å². The van der Waals surface area contributed by atoms with Crippen LogP contribution < -0.4 is 21.4 Å². The first-order valence-corrected chi connectivity index (χ1v) is 8.56. The van der Waals surface area contributed by atoms with Gasteiger partial charge in [0.2, 0.25) is 0 Å². The second-order valence-corrected chi connectivity index (χ2v) is 6.89. The lowest BCUT2D eigenvalue weighted by Crippen LogP contribution is -2.35. The van der Waals surface area contributed by atoms with Gasteiger partial charge in [-0.15, -0.1) is 0 Å². The monoisotopic (exact) mass is 406 g/mol. The molecule has 0 bridgehead atoms. The molecule has 0 radical (unpaired) electrons. The summed E-state index contributed by atoms with van der Waals surface area (Å²) in [4.78, 5) is 15.0. The molecule has 5 N–H and O–H groups in total. The maximum absolute atomic E-state index is 13.1. The van der Waals surface area contributed by atoms with Gasteiger partial charge >= 0.3 is 12.2 Å². The Bertz CT molecular complexity index is 996. The molecule has 2 heterocycles. The summed E-state index contributed by atoms with van der Waals surface area (Å²) in [6.07, 6.45) is -2.76. The summed E-state index contributed by atoms with van der Waals surface area (Å²) in [6, 6.07) is 11.0. The summed E-state index contributed by atoms with van der Waals surface area (Å²) >= 11 is 0. The van der Waals surface area contributed by atoms with Crippen LogP contribution in [0.5, 0.6) is 0 Å². The summed E-state index contributed by atoms with van der Waals surface area (Å²) in [7, 11) is 0. The van der Waals surface area contributed by atoms with Gasteiger partial charge in [-0.1, -0.05) is 17.3 Å². The van der Waals surface area contributed by atoms with E-state index in [1.54, 1.807) is 36.5 Å². The molecule has 7 nitrogen and oxygen atoms in total. The molecule has 0 aliphatic heterocycles. The van der Waals surface area contributed by atoms with Crippen LogP contribution in [0.4, 0.5) is 35.3 Å². The first kappa shape index (κ1) is 20.2. The van der Waals surface area contributed by atoms with Crippen molar-refractivity contribution in [1.82, 2.24) is 5.16 Å². The van der Waals surface area contributed by atoms with Crippen LogP contribution in [0.1, 0.15) is 19.6 Å². The summed E-state index contributed by atoms with van der Waals surface area (Å²) in [5, 5.41) is 8.40. The van der Waals surface area contributed by atoms with Crippen molar-refractivity contribution in [2.24, 2.45) is 0 Å². The zero-order valence-electron chi connectivity index (χ0n) is 15.6. The van der Waals surface area contributed by atoms with Gasteiger partial charge in [0, 0.05) is 23.4 Å². The molecular weight excluding hydrogens is 387 g/mol. The molecule has 0 aliphatic rings. The van der Waals surface area contributed by atoms with Gasteiger partial charge < -0.3 is 9.84 Å². The molecule has 0 spiro atoms. The number of benzene rings is 1. The van der Waals surface area contributed by atoms with Crippen LogP contribution in [-0.4, -0.2) is 17.4 Å². The molecule has 29 heavy (non-hydrogen) atoms. The molecule has 3 rings (SSSR count). The van der Waals surface area contributed by atoms with Crippen LogP contribution in [0.2, 0.25) is 0 Å². The summed E-state index contributed by atoms with van der Waals surface area (Å²) in [5.74, 6) is 0.0205. The van der Waals surface area contributed by atoms with Gasteiger partial charge in [-0.3, -0.25) is 11.1 Å². The van der Waals surface area contributed by atoms with Crippen LogP contribution in [-0.2, 0) is 5.41 Å². The standard InChI is InChI=1S/C19H18F3N5O2/c1-18(2,19(20,21)22)14-9-16(27-29-14)26-17(28)25-13-6-3-11(4-7-13)12-5-8-15(23)24-10-12/h3-10H,1-2H3,(H2,23,24)(H2,25,26,27,28)/p+1. The Morgan fingerprint density at radius 1 is 1.07 bits per heavy atom. The van der Waals surface area contributed by atoms with Gasteiger partial charge in [0.05, 0.1) is 6.20 Å². The molecule has 0 aliphatic carbocycles. The topological polar surface area (TPSA) is 107 Å². The average molecular weight is 406 g/mol. The number of aromatic nitrogens is 2. The van der Waals surface area contributed by atoms with E-state index in [0.29, 0.717) is 11.5 Å². The molecular formula is C19H19F3N5O2+. The highest BCUT2D eigenvalue weighted by atomic mass is 19.4. The minimum absolute atomic E-state index is 0.121. The molecule has 2 aromatic heterocycles. The van der Waals surface area contributed by atoms with Crippen molar-refractivity contribution in [3.63, 3.8) is 0 Å². The van der Waals surface area contributed by atoms with Gasteiger partial charge in [-0.05, 0) is 37.6 Å². The van der Waals surface area contributed by atoms with Crippen molar-refractivity contribution in [3.05, 3.63) is 54.4 Å². The number of halogens is 3. The number of nitrogens with two attached hydrogens (primary N) is 1. The second-order valence-electron chi connectivity index (χ2n) is 6.89. The highest BCUT2D eigenvalue weighted by Crippen LogP contribution is 2.41. The minimum atomic E-state index is -4.52. The fourth-order valence-corrected chi connectivity index (χ4v) is 2.41. The van der Waals surface area contributed by atoms with E-state index in [0.717, 1.165) is 31.0 Å². The largest absolute Gasteiger partial charge is 0.401 e. The zero-order valence-corrected chi connectivity index (χ0v) is 15.6. The molecule has 0 saturated heterocycles. The molecule has 1 aromatic carbocycles. The molecule has 0 unspecified atom stereocenters. The number of aromatic amines is 1. The molecule has 2 amide bonds. The third-order valence-corrected chi connectivity index (χ3v) is 4.39. The van der Waals surface area contributed by atoms with Crippen LogP contribution in [0.25, 0.3) is 11.1 Å².